The van der Waals surface area contributed by atoms with E-state index in [4.69, 9.17) is 21.1 Å². The number of azide groups is 1. The van der Waals surface area contributed by atoms with E-state index in [1.807, 2.05) is 0 Å². The molecular weight excluding hydrogens is 1200 g/mol. The minimum atomic E-state index is -1.54. The van der Waals surface area contributed by atoms with Gasteiger partial charge < -0.3 is 78.7 Å². The van der Waals surface area contributed by atoms with Gasteiger partial charge in [0.05, 0.1) is 19.2 Å². The van der Waals surface area contributed by atoms with Crippen molar-refractivity contribution in [3.8, 4) is 0 Å². The van der Waals surface area contributed by atoms with Gasteiger partial charge in [0.1, 0.15) is 41.9 Å². The van der Waals surface area contributed by atoms with E-state index in [1.165, 1.54) is 0 Å². The van der Waals surface area contributed by atoms with Crippen molar-refractivity contribution in [1.82, 2.24) is 62.8 Å². The lowest BCUT2D eigenvalue weighted by Gasteiger charge is -2.24. The Balaban J connectivity index is 1.45. The van der Waals surface area contributed by atoms with E-state index in [9.17, 15) is 72.9 Å². The minimum absolute atomic E-state index is 0.0290. The molecule has 33 heteroatoms. The maximum Gasteiger partial charge on any atom is 0.326 e. The third kappa shape index (κ3) is 33.7. The number of unbranched alkanes of at least 4 members (excludes halogenated alkanes) is 6. The number of ether oxygens (including phenoxy) is 1. The second-order valence-electron chi connectivity index (χ2n) is 21.4. The molecule has 3 rings (SSSR count). The van der Waals surface area contributed by atoms with Gasteiger partial charge in [-0.1, -0.05) is 90.3 Å². The summed E-state index contributed by atoms with van der Waals surface area (Å²) in [5.41, 5.74) is 16.1. The average Bonchev–Trinajstić information content (AvgIpc) is 2.25. The molecule has 1 heterocycles. The van der Waals surface area contributed by atoms with E-state index >= 15 is 0 Å². The fourth-order valence-corrected chi connectivity index (χ4v) is 9.05. The third-order valence-corrected chi connectivity index (χ3v) is 13.9. The Hall–Kier alpha value is -9.75. The highest BCUT2D eigenvalue weighted by atomic mass is 16.5. The van der Waals surface area contributed by atoms with Crippen molar-refractivity contribution >= 4 is 71.3 Å². The second kappa shape index (κ2) is 44.7. The van der Waals surface area contributed by atoms with E-state index < -0.39 is 121 Å². The average molecular weight is 1290 g/mol. The predicted octanol–water partition coefficient (Wildman–Crippen LogP) is 0.843. The predicted molar refractivity (Wildman–Crippen MR) is 328 cm³/mol. The monoisotopic (exact) mass is 1290 g/mol. The molecule has 0 saturated carbocycles. The smallest absolute Gasteiger partial charge is 0.326 e. The summed E-state index contributed by atoms with van der Waals surface area (Å²) in [5, 5.41) is 71.2. The van der Waals surface area contributed by atoms with Crippen molar-refractivity contribution in [1.29, 1.82) is 0 Å². The highest BCUT2D eigenvalue weighted by molar-refractivity contribution is 5.94. The number of hydrogen-bond donors (Lipinski definition) is 14. The topological polar surface area (TPSA) is 509 Å². The number of rotatable bonds is 49. The van der Waals surface area contributed by atoms with E-state index in [2.05, 4.69) is 68.2 Å². The lowest BCUT2D eigenvalue weighted by atomic mass is 10.0. The molecule has 9 amide bonds. The maximum absolute atomic E-state index is 14.1. The molecule has 0 unspecified atom stereocenters. The van der Waals surface area contributed by atoms with Gasteiger partial charge in [0.15, 0.2) is 0 Å². The van der Waals surface area contributed by atoms with Crippen LogP contribution in [0, 0.1) is 0 Å². The molecule has 6 atom stereocenters. The first-order valence-electron chi connectivity index (χ1n) is 30.4. The van der Waals surface area contributed by atoms with Gasteiger partial charge >= 0.3 is 29.9 Å². The maximum atomic E-state index is 14.1. The van der Waals surface area contributed by atoms with Crippen LogP contribution in [0.5, 0.6) is 0 Å². The van der Waals surface area contributed by atoms with Crippen molar-refractivity contribution in [2.24, 2.45) is 10.8 Å². The largest absolute Gasteiger partial charge is 0.481 e. The standard InChI is InChI=1S/C59H86N16O17/c60-27-13-11-20-42(66-50(78)26-29-65-73-61)53(83)63-30-31-64-55(85)47(36-52(81)82)68-49(77)25-28-62-54(84)45(34-39-16-6-4-7-17-39)69-56(86)46(35-40-18-8-5-9-19-40)67-48(76)22-10-2-1-3-15-33-92-38-41-37-75(74-72-41)32-14-12-21-43(57(87)88)70-59(91)71-44(58(89)90)23-24-51(79)80/h4-9,16-19,37,42-47H,1-3,10-15,20-36,38,60H2,(H,62,84)(H,63,83)(H,64,85)(H,66,78)(H,67,76)(H,68,77)(H,69,86)(H,79,80)(H,81,82)(H,87,88)(H,89,90)(H2,70,71,91)/t42-,43-,44-,45-,46-,47-/m0/s1. The third-order valence-electron chi connectivity index (χ3n) is 13.9. The molecule has 0 radical (unpaired) electrons. The number of nitrogens with zero attached hydrogens (tertiary/aromatic N) is 6. The molecule has 0 saturated heterocycles. The number of urea groups is 1. The molecule has 33 nitrogen and oxygen atoms in total. The van der Waals surface area contributed by atoms with Gasteiger partial charge in [-0.3, -0.25) is 47.8 Å². The quantitative estimate of drug-likeness (QED) is 0.0161. The highest BCUT2D eigenvalue weighted by Crippen LogP contribution is 2.12. The van der Waals surface area contributed by atoms with Crippen molar-refractivity contribution in [3.63, 3.8) is 0 Å². The van der Waals surface area contributed by atoms with Crippen LogP contribution >= 0.6 is 0 Å². The van der Waals surface area contributed by atoms with Crippen molar-refractivity contribution in [2.75, 3.05) is 39.3 Å². The number of nitrogens with two attached hydrogens (primary N) is 1. The van der Waals surface area contributed by atoms with E-state index in [0.717, 1.165) is 24.8 Å². The van der Waals surface area contributed by atoms with E-state index in [-0.39, 0.29) is 83.6 Å². The Morgan fingerprint density at radius 3 is 1.66 bits per heavy atom. The van der Waals surface area contributed by atoms with Crippen LogP contribution in [0.1, 0.15) is 126 Å². The van der Waals surface area contributed by atoms with E-state index in [1.54, 1.807) is 71.5 Å². The number of aromatic nitrogens is 3. The number of carbonyl (C=O) groups excluding carboxylic acids is 8. The van der Waals surface area contributed by atoms with E-state index in [0.29, 0.717) is 69.5 Å². The Bertz CT molecular complexity index is 2900. The molecule has 92 heavy (non-hydrogen) atoms. The minimum Gasteiger partial charge on any atom is -0.481 e. The molecule has 0 spiro atoms. The van der Waals surface area contributed by atoms with Gasteiger partial charge in [-0.05, 0) is 81.0 Å². The summed E-state index contributed by atoms with van der Waals surface area (Å²) in [7, 11) is 0. The molecule has 0 fully saturated rings. The van der Waals surface area contributed by atoms with Gasteiger partial charge in [0.2, 0.25) is 41.4 Å². The Kier molecular flexibility index (Phi) is 37.1. The fraction of sp³-hybridized carbons (Fsp3) is 0.559. The number of aryl methyl sites for hydroxylation is 1. The number of nitrogens with one attached hydrogen (secondary N) is 9. The molecule has 15 N–H and O–H groups in total. The summed E-state index contributed by atoms with van der Waals surface area (Å²) in [6.07, 6.45) is 5.53. The molecule has 0 aliphatic carbocycles. The summed E-state index contributed by atoms with van der Waals surface area (Å²) in [6.45, 7) is 0.701. The van der Waals surface area contributed by atoms with Crippen molar-refractivity contribution < 1.29 is 82.7 Å². The fourth-order valence-electron chi connectivity index (χ4n) is 9.05. The number of amides is 9. The van der Waals surface area contributed by atoms with Crippen LogP contribution < -0.4 is 53.6 Å². The summed E-state index contributed by atoms with van der Waals surface area (Å²) in [6, 6.07) is 9.17. The van der Waals surface area contributed by atoms with Gasteiger partial charge in [0.25, 0.3) is 0 Å². The van der Waals surface area contributed by atoms with Crippen LogP contribution in [0.2, 0.25) is 0 Å². The van der Waals surface area contributed by atoms with Crippen LogP contribution in [0.3, 0.4) is 0 Å². The number of benzene rings is 2. The number of aliphatic carboxylic acids is 4. The highest BCUT2D eigenvalue weighted by Gasteiger charge is 2.30. The van der Waals surface area contributed by atoms with Crippen LogP contribution in [0.25, 0.3) is 10.4 Å². The van der Waals surface area contributed by atoms with Gasteiger partial charge in [0, 0.05) is 82.8 Å². The number of hydrogen-bond acceptors (Lipinski definition) is 17. The number of carboxylic acids is 4. The zero-order chi connectivity index (χ0) is 67.5. The SMILES string of the molecule is [N-]=[N+]=NCCC(=O)N[C@@H](CCCCN)C(=O)NCCNC(=O)[C@H](CC(=O)O)NC(=O)CCNC(=O)[C@H](Cc1ccccc1)NC(=O)[C@H](Cc1ccccc1)NC(=O)CCCCCCCOCc1cn(CCCC[C@H](NC(=O)N[C@@H](CCC(=O)O)C(=O)O)C(=O)O)nn1. The Morgan fingerprint density at radius 1 is 0.533 bits per heavy atom. The molecule has 504 valence electrons. The lowest BCUT2D eigenvalue weighted by molar-refractivity contribution is -0.141. The van der Waals surface area contributed by atoms with Crippen LogP contribution in [0.4, 0.5) is 4.79 Å². The molecule has 0 aliphatic rings. The number of carboxylic acid groups (broad SMARTS) is 4. The summed E-state index contributed by atoms with van der Waals surface area (Å²) in [4.78, 5) is 153. The Labute approximate surface area is 530 Å². The molecule has 0 aliphatic heterocycles. The normalized spacial score (nSPS) is 12.8. The summed E-state index contributed by atoms with van der Waals surface area (Å²) in [5.74, 6) is -9.83. The van der Waals surface area contributed by atoms with Crippen LogP contribution in [0.15, 0.2) is 72.0 Å². The lowest BCUT2D eigenvalue weighted by Crippen LogP contribution is -2.55. The first kappa shape index (κ1) is 76.5. The molecule has 2 aromatic carbocycles. The molecular formula is C59H86N16O17. The second-order valence-corrected chi connectivity index (χ2v) is 21.4. The summed E-state index contributed by atoms with van der Waals surface area (Å²) >= 11 is 0. The van der Waals surface area contributed by atoms with Gasteiger partial charge in [-0.2, -0.15) is 0 Å². The zero-order valence-electron chi connectivity index (χ0n) is 51.3. The number of carbonyl (C=O) groups is 12. The summed E-state index contributed by atoms with van der Waals surface area (Å²) < 4.78 is 7.34. The van der Waals surface area contributed by atoms with Crippen LogP contribution in [-0.2, 0) is 83.5 Å². The molecule has 1 aromatic heterocycles. The van der Waals surface area contributed by atoms with Crippen molar-refractivity contribution in [3.05, 3.63) is 94.1 Å². The molecule has 0 bridgehead atoms. The van der Waals surface area contributed by atoms with Gasteiger partial charge in [-0.15, -0.1) is 5.10 Å². The first-order chi connectivity index (χ1) is 44.2. The van der Waals surface area contributed by atoms with Crippen LogP contribution in [-0.4, -0.2) is 182 Å². The zero-order valence-corrected chi connectivity index (χ0v) is 51.3. The molecule has 3 aromatic rings. The van der Waals surface area contributed by atoms with Crippen molar-refractivity contribution in [2.45, 2.75) is 171 Å². The van der Waals surface area contributed by atoms with Gasteiger partial charge in [-0.25, -0.2) is 14.4 Å². The Morgan fingerprint density at radius 2 is 1.05 bits per heavy atom. The first-order valence-corrected chi connectivity index (χ1v) is 30.4.